The zero-order chi connectivity index (χ0) is 17.1. The van der Waals surface area contributed by atoms with Crippen molar-refractivity contribution in [2.75, 3.05) is 0 Å². The maximum Gasteiger partial charge on any atom is -0.00206 e. The second-order valence-electron chi connectivity index (χ2n) is 6.96. The van der Waals surface area contributed by atoms with E-state index in [0.717, 1.165) is 0 Å². The van der Waals surface area contributed by atoms with E-state index in [1.807, 2.05) is 12.1 Å². The highest BCUT2D eigenvalue weighted by Gasteiger charge is 2.11. The van der Waals surface area contributed by atoms with Crippen molar-refractivity contribution in [3.63, 3.8) is 0 Å². The number of fused-ring (bicyclic) bond motifs is 1. The monoisotopic (exact) mass is 327 g/mol. The van der Waals surface area contributed by atoms with Crippen LogP contribution in [-0.4, -0.2) is 0 Å². The molecule has 0 saturated heterocycles. The number of benzene rings is 6. The fourth-order valence-electron chi connectivity index (χ4n) is 4.28. The Morgan fingerprint density at radius 1 is 0.538 bits per heavy atom. The number of rotatable bonds is 1. The maximum absolute atomic E-state index is 3.16. The first kappa shape index (κ1) is 13.9. The van der Waals surface area contributed by atoms with Gasteiger partial charge in [0.2, 0.25) is 0 Å². The first-order valence-corrected chi connectivity index (χ1v) is 8.95. The molecule has 0 aliphatic heterocycles. The van der Waals surface area contributed by atoms with Gasteiger partial charge in [-0.05, 0) is 72.4 Å². The van der Waals surface area contributed by atoms with Gasteiger partial charge in [-0.2, -0.15) is 0 Å². The second kappa shape index (κ2) is 5.06. The molecule has 0 bridgehead atoms. The maximum atomic E-state index is 3.16. The average Bonchev–Trinajstić information content (AvgIpc) is 2.71. The van der Waals surface area contributed by atoms with Gasteiger partial charge in [0.1, 0.15) is 0 Å². The molecule has 0 N–H and O–H groups in total. The van der Waals surface area contributed by atoms with Crippen LogP contribution in [0.5, 0.6) is 0 Å². The van der Waals surface area contributed by atoms with E-state index in [0.29, 0.717) is 0 Å². The summed E-state index contributed by atoms with van der Waals surface area (Å²) in [5.41, 5.74) is 2.56. The van der Waals surface area contributed by atoms with Gasteiger partial charge in [-0.15, -0.1) is 0 Å². The summed E-state index contributed by atoms with van der Waals surface area (Å²) in [6.07, 6.45) is 0. The molecule has 1 radical (unpaired) electrons. The molecule has 0 heterocycles. The Morgan fingerprint density at radius 2 is 1.27 bits per heavy atom. The Bertz CT molecular complexity index is 1410. The molecule has 0 saturated carbocycles. The molecule has 0 aromatic heterocycles. The minimum absolute atomic E-state index is 1.23. The van der Waals surface area contributed by atoms with Crippen LogP contribution in [0, 0.1) is 6.07 Å². The van der Waals surface area contributed by atoms with Crippen LogP contribution in [0.25, 0.3) is 54.2 Å². The van der Waals surface area contributed by atoms with Crippen LogP contribution in [0.3, 0.4) is 0 Å². The smallest absolute Gasteiger partial charge is 0.00206 e. The first-order chi connectivity index (χ1) is 12.9. The lowest BCUT2D eigenvalue weighted by molar-refractivity contribution is 1.69. The second-order valence-corrected chi connectivity index (χ2v) is 6.96. The molecular formula is C26H15. The highest BCUT2D eigenvalue weighted by Crippen LogP contribution is 2.39. The molecule has 6 aromatic rings. The van der Waals surface area contributed by atoms with Crippen molar-refractivity contribution in [1.82, 2.24) is 0 Å². The van der Waals surface area contributed by atoms with Gasteiger partial charge in [0.25, 0.3) is 0 Å². The molecule has 0 spiro atoms. The van der Waals surface area contributed by atoms with Crippen molar-refractivity contribution in [3.05, 3.63) is 97.1 Å². The minimum atomic E-state index is 1.23. The van der Waals surface area contributed by atoms with Crippen LogP contribution < -0.4 is 0 Å². The van der Waals surface area contributed by atoms with Gasteiger partial charge in [-0.25, -0.2) is 0 Å². The lowest BCUT2D eigenvalue weighted by Gasteiger charge is -2.14. The molecule has 0 unspecified atom stereocenters. The standard InChI is InChI=1S/C26H15/c1-2-5-21-16-22(11-8-17(21)4-1)23-14-12-20-10-9-18-6-3-7-19-13-15-24(23)26(20)25(18)19/h2-16H. The molecule has 6 aromatic carbocycles. The van der Waals surface area contributed by atoms with Crippen LogP contribution in [0.15, 0.2) is 91.0 Å². The highest BCUT2D eigenvalue weighted by atomic mass is 14.1. The number of hydrogen-bond acceptors (Lipinski definition) is 0. The third-order valence-corrected chi connectivity index (χ3v) is 5.52. The van der Waals surface area contributed by atoms with Gasteiger partial charge >= 0.3 is 0 Å². The van der Waals surface area contributed by atoms with Crippen LogP contribution in [0.2, 0.25) is 0 Å². The van der Waals surface area contributed by atoms with Crippen LogP contribution in [0.4, 0.5) is 0 Å². The summed E-state index contributed by atoms with van der Waals surface area (Å²) < 4.78 is 0. The molecule has 6 rings (SSSR count). The van der Waals surface area contributed by atoms with Crippen LogP contribution in [-0.2, 0) is 0 Å². The summed E-state index contributed by atoms with van der Waals surface area (Å²) in [7, 11) is 0. The van der Waals surface area contributed by atoms with E-state index in [1.165, 1.54) is 54.2 Å². The largest absolute Gasteiger partial charge is 0.0610 e. The Labute approximate surface area is 151 Å². The Hall–Kier alpha value is -3.38. The third-order valence-electron chi connectivity index (χ3n) is 5.52. The molecular weight excluding hydrogens is 312 g/mol. The van der Waals surface area contributed by atoms with Gasteiger partial charge in [-0.3, -0.25) is 0 Å². The van der Waals surface area contributed by atoms with Crippen molar-refractivity contribution in [2.45, 2.75) is 0 Å². The van der Waals surface area contributed by atoms with Crippen molar-refractivity contribution in [2.24, 2.45) is 0 Å². The first-order valence-electron chi connectivity index (χ1n) is 8.95. The number of hydrogen-bond donors (Lipinski definition) is 0. The van der Waals surface area contributed by atoms with E-state index in [4.69, 9.17) is 0 Å². The van der Waals surface area contributed by atoms with Crippen molar-refractivity contribution in [1.29, 1.82) is 0 Å². The Morgan fingerprint density at radius 3 is 2.15 bits per heavy atom. The molecule has 119 valence electrons. The molecule has 26 heavy (non-hydrogen) atoms. The van der Waals surface area contributed by atoms with Crippen molar-refractivity contribution in [3.8, 4) is 11.1 Å². The summed E-state index contributed by atoms with van der Waals surface area (Å²) in [5.74, 6) is 0. The van der Waals surface area contributed by atoms with Gasteiger partial charge in [0, 0.05) is 0 Å². The van der Waals surface area contributed by atoms with Gasteiger partial charge in [-0.1, -0.05) is 78.9 Å². The van der Waals surface area contributed by atoms with E-state index < -0.39 is 0 Å². The Balaban J connectivity index is 1.75. The van der Waals surface area contributed by atoms with E-state index in [9.17, 15) is 0 Å². The fourth-order valence-corrected chi connectivity index (χ4v) is 4.28. The normalized spacial score (nSPS) is 11.8. The quantitative estimate of drug-likeness (QED) is 0.280. The summed E-state index contributed by atoms with van der Waals surface area (Å²) in [6, 6.07) is 36.1. The zero-order valence-electron chi connectivity index (χ0n) is 14.2. The van der Waals surface area contributed by atoms with Crippen molar-refractivity contribution < 1.29 is 0 Å². The minimum Gasteiger partial charge on any atom is -0.0610 e. The SMILES string of the molecule is [c]1ccc2cc(-c3ccc4ccc5cccc6ccc3c4c56)ccc2c1. The Kier molecular flexibility index (Phi) is 2.70. The molecule has 0 amide bonds. The van der Waals surface area contributed by atoms with Crippen LogP contribution >= 0.6 is 0 Å². The van der Waals surface area contributed by atoms with E-state index in [2.05, 4.69) is 84.9 Å². The van der Waals surface area contributed by atoms with Crippen molar-refractivity contribution >= 4 is 43.1 Å². The van der Waals surface area contributed by atoms with Gasteiger partial charge in [0.15, 0.2) is 0 Å². The molecule has 0 fully saturated rings. The lowest BCUT2D eigenvalue weighted by Crippen LogP contribution is -1.87. The molecule has 0 atom stereocenters. The molecule has 0 aliphatic rings. The van der Waals surface area contributed by atoms with E-state index in [1.54, 1.807) is 0 Å². The molecule has 0 aliphatic carbocycles. The topological polar surface area (TPSA) is 0 Å². The summed E-state index contributed by atoms with van der Waals surface area (Å²) in [5, 5.41) is 10.5. The molecule has 0 heteroatoms. The van der Waals surface area contributed by atoms with E-state index >= 15 is 0 Å². The summed E-state index contributed by atoms with van der Waals surface area (Å²) in [6.45, 7) is 0. The van der Waals surface area contributed by atoms with Gasteiger partial charge in [0.05, 0.1) is 0 Å². The third kappa shape index (κ3) is 1.84. The summed E-state index contributed by atoms with van der Waals surface area (Å²) in [4.78, 5) is 0. The van der Waals surface area contributed by atoms with Gasteiger partial charge < -0.3 is 0 Å². The highest BCUT2D eigenvalue weighted by molar-refractivity contribution is 6.25. The van der Waals surface area contributed by atoms with Crippen LogP contribution in [0.1, 0.15) is 0 Å². The lowest BCUT2D eigenvalue weighted by atomic mass is 9.89. The summed E-state index contributed by atoms with van der Waals surface area (Å²) >= 11 is 0. The zero-order valence-corrected chi connectivity index (χ0v) is 14.2. The predicted octanol–water partition coefficient (Wildman–Crippen LogP) is 7.20. The molecule has 0 nitrogen and oxygen atoms in total. The fraction of sp³-hybridized carbons (Fsp3) is 0. The predicted molar refractivity (Wildman–Crippen MR) is 112 cm³/mol. The van der Waals surface area contributed by atoms with E-state index in [-0.39, 0.29) is 0 Å². The average molecular weight is 327 g/mol.